The minimum Gasteiger partial charge on any atom is -0.469 e. The van der Waals surface area contributed by atoms with Crippen LogP contribution in [0, 0.1) is 46.3 Å². The van der Waals surface area contributed by atoms with Gasteiger partial charge in [-0.25, -0.2) is 0 Å². The Hall–Kier alpha value is -1.16. The molecule has 0 aromatic rings. The first-order valence-electron chi connectivity index (χ1n) is 12.6. The van der Waals surface area contributed by atoms with Gasteiger partial charge >= 0.3 is 5.97 Å². The van der Waals surface area contributed by atoms with Crippen LogP contribution in [0.4, 0.5) is 0 Å². The van der Waals surface area contributed by atoms with Crippen molar-refractivity contribution in [2.75, 3.05) is 7.11 Å². The third-order valence-electron chi connectivity index (χ3n) is 10.5. The highest BCUT2D eigenvalue weighted by atomic mass is 16.5. The number of methoxy groups -OCH3 is 1. The molecule has 4 rings (SSSR count). The minimum absolute atomic E-state index is 0.117. The first kappa shape index (κ1) is 23.0. The van der Waals surface area contributed by atoms with E-state index in [0.717, 1.165) is 44.1 Å². The summed E-state index contributed by atoms with van der Waals surface area (Å²) >= 11 is 0. The lowest BCUT2D eigenvalue weighted by Crippen LogP contribution is -2.58. The molecule has 0 radical (unpaired) electrons. The number of esters is 1. The molecule has 0 heterocycles. The summed E-state index contributed by atoms with van der Waals surface area (Å²) in [6.45, 7) is 9.18. The zero-order valence-corrected chi connectivity index (χ0v) is 20.2. The number of ketones is 1. The van der Waals surface area contributed by atoms with Gasteiger partial charge in [-0.3, -0.25) is 9.59 Å². The number of fused-ring (bicyclic) bond motifs is 5. The number of allylic oxidation sites excluding steroid dienone is 2. The van der Waals surface area contributed by atoms with Crippen molar-refractivity contribution >= 4 is 11.8 Å². The maximum absolute atomic E-state index is 13.9. The Morgan fingerprint density at radius 3 is 2.52 bits per heavy atom. The normalized spacial score (nSPS) is 46.8. The Labute approximate surface area is 188 Å². The van der Waals surface area contributed by atoms with E-state index in [0.29, 0.717) is 35.9 Å². The summed E-state index contributed by atoms with van der Waals surface area (Å²) in [4.78, 5) is 25.6. The van der Waals surface area contributed by atoms with Gasteiger partial charge in [0.2, 0.25) is 0 Å². The van der Waals surface area contributed by atoms with Gasteiger partial charge in [0.15, 0.2) is 5.78 Å². The molecule has 4 nitrogen and oxygen atoms in total. The Balaban J connectivity index is 1.61. The SMILES string of the molecule is C/C=C1\C(=O)C2C(CC[C@@]3(C)[C@@H]2CC[C@@H]3[C@H](C)CCC(=O)OC)[C@@]2(C)CC[C@@H](O)C[C@@H]12. The summed E-state index contributed by atoms with van der Waals surface area (Å²) in [5.41, 5.74) is 1.33. The number of carbonyl (C=O) groups is 2. The first-order valence-corrected chi connectivity index (χ1v) is 12.6. The van der Waals surface area contributed by atoms with Gasteiger partial charge in [0.05, 0.1) is 13.2 Å². The van der Waals surface area contributed by atoms with Crippen LogP contribution in [0.1, 0.15) is 85.5 Å². The van der Waals surface area contributed by atoms with Crippen LogP contribution >= 0.6 is 0 Å². The summed E-state index contributed by atoms with van der Waals surface area (Å²) in [5, 5.41) is 10.4. The smallest absolute Gasteiger partial charge is 0.305 e. The number of hydrogen-bond donors (Lipinski definition) is 1. The summed E-state index contributed by atoms with van der Waals surface area (Å²) < 4.78 is 4.87. The van der Waals surface area contributed by atoms with E-state index in [1.807, 2.05) is 6.92 Å². The predicted molar refractivity (Wildman–Crippen MR) is 121 cm³/mol. The lowest BCUT2D eigenvalue weighted by molar-refractivity contribution is -0.150. The van der Waals surface area contributed by atoms with Gasteiger partial charge in [-0.1, -0.05) is 26.8 Å². The standard InChI is InChI=1S/C27H42O4/c1-6-18-22-15-17(28)11-13-27(22,4)21-12-14-26(3)19(16(2)7-10-23(29)31-5)8-9-20(26)24(21)25(18)30/h6,16-17,19-22,24,28H,7-15H2,1-5H3/b18-6-/t16-,17-,19-,20-,21?,22+,24?,26-,27-/m1/s1. The van der Waals surface area contributed by atoms with Gasteiger partial charge in [-0.2, -0.15) is 0 Å². The molecule has 2 unspecified atom stereocenters. The molecule has 0 aliphatic heterocycles. The number of rotatable bonds is 4. The van der Waals surface area contributed by atoms with E-state index in [-0.39, 0.29) is 34.7 Å². The molecule has 4 fully saturated rings. The monoisotopic (exact) mass is 430 g/mol. The van der Waals surface area contributed by atoms with E-state index in [2.05, 4.69) is 26.8 Å². The molecular formula is C27H42O4. The van der Waals surface area contributed by atoms with E-state index in [1.165, 1.54) is 20.0 Å². The lowest BCUT2D eigenvalue weighted by Gasteiger charge is -2.61. The maximum Gasteiger partial charge on any atom is 0.305 e. The molecule has 1 N–H and O–H groups in total. The number of ether oxygens (including phenoxy) is 1. The molecular weight excluding hydrogens is 388 g/mol. The highest BCUT2D eigenvalue weighted by molar-refractivity contribution is 5.99. The topological polar surface area (TPSA) is 63.6 Å². The fourth-order valence-corrected chi connectivity index (χ4v) is 8.81. The molecule has 0 aromatic carbocycles. The van der Waals surface area contributed by atoms with Gasteiger partial charge in [-0.15, -0.1) is 0 Å². The second-order valence-corrected chi connectivity index (χ2v) is 11.7. The van der Waals surface area contributed by atoms with E-state index >= 15 is 0 Å². The van der Waals surface area contributed by atoms with Crippen molar-refractivity contribution in [1.82, 2.24) is 0 Å². The van der Waals surface area contributed by atoms with Crippen molar-refractivity contribution < 1.29 is 19.4 Å². The van der Waals surface area contributed by atoms with Crippen LogP contribution in [0.25, 0.3) is 0 Å². The van der Waals surface area contributed by atoms with Crippen molar-refractivity contribution in [3.05, 3.63) is 11.6 Å². The molecule has 9 atom stereocenters. The molecule has 4 saturated carbocycles. The second kappa shape index (κ2) is 8.32. The zero-order valence-electron chi connectivity index (χ0n) is 20.2. The number of aliphatic hydroxyl groups is 1. The minimum atomic E-state index is -0.266. The third-order valence-corrected chi connectivity index (χ3v) is 10.5. The van der Waals surface area contributed by atoms with Crippen molar-refractivity contribution in [1.29, 1.82) is 0 Å². The number of carbonyl (C=O) groups excluding carboxylic acids is 2. The zero-order chi connectivity index (χ0) is 22.6. The number of hydrogen-bond acceptors (Lipinski definition) is 4. The highest BCUT2D eigenvalue weighted by Crippen LogP contribution is 2.68. The Bertz CT molecular complexity index is 756. The number of aliphatic hydroxyl groups excluding tert-OH is 1. The van der Waals surface area contributed by atoms with Crippen LogP contribution in [-0.4, -0.2) is 30.1 Å². The van der Waals surface area contributed by atoms with Crippen molar-refractivity contribution in [2.45, 2.75) is 91.6 Å². The predicted octanol–water partition coefficient (Wildman–Crippen LogP) is 5.33. The Morgan fingerprint density at radius 2 is 1.84 bits per heavy atom. The molecule has 0 aromatic heterocycles. The molecule has 0 spiro atoms. The fraction of sp³-hybridized carbons (Fsp3) is 0.852. The summed E-state index contributed by atoms with van der Waals surface area (Å²) in [5.74, 6) is 2.57. The quantitative estimate of drug-likeness (QED) is 0.484. The molecule has 174 valence electrons. The maximum atomic E-state index is 13.9. The van der Waals surface area contributed by atoms with Crippen LogP contribution in [-0.2, 0) is 14.3 Å². The first-order chi connectivity index (χ1) is 14.7. The van der Waals surface area contributed by atoms with Gasteiger partial charge < -0.3 is 9.84 Å². The van der Waals surface area contributed by atoms with Crippen molar-refractivity contribution in [2.24, 2.45) is 46.3 Å². The summed E-state index contributed by atoms with van der Waals surface area (Å²) in [6.07, 6.45) is 10.4. The molecule has 4 heteroatoms. The van der Waals surface area contributed by atoms with Gasteiger partial charge in [0.25, 0.3) is 0 Å². The average molecular weight is 431 g/mol. The van der Waals surface area contributed by atoms with Crippen molar-refractivity contribution in [3.63, 3.8) is 0 Å². The highest BCUT2D eigenvalue weighted by Gasteiger charge is 2.64. The second-order valence-electron chi connectivity index (χ2n) is 11.7. The number of Topliss-reactive ketones (excluding diaryl/α,β-unsaturated/α-hetero) is 1. The van der Waals surface area contributed by atoms with Crippen molar-refractivity contribution in [3.8, 4) is 0 Å². The van der Waals surface area contributed by atoms with Crippen LogP contribution in [0.3, 0.4) is 0 Å². The van der Waals surface area contributed by atoms with E-state index < -0.39 is 0 Å². The van der Waals surface area contributed by atoms with E-state index in [4.69, 9.17) is 4.74 Å². The van der Waals surface area contributed by atoms with Gasteiger partial charge in [0, 0.05) is 12.3 Å². The molecule has 4 aliphatic carbocycles. The fourth-order valence-electron chi connectivity index (χ4n) is 8.81. The molecule has 0 amide bonds. The molecule has 0 saturated heterocycles. The Morgan fingerprint density at radius 1 is 1.16 bits per heavy atom. The lowest BCUT2D eigenvalue weighted by atomic mass is 9.43. The Kier molecular flexibility index (Phi) is 6.17. The summed E-state index contributed by atoms with van der Waals surface area (Å²) in [7, 11) is 1.47. The summed E-state index contributed by atoms with van der Waals surface area (Å²) in [6, 6.07) is 0. The van der Waals surface area contributed by atoms with Gasteiger partial charge in [0.1, 0.15) is 0 Å². The van der Waals surface area contributed by atoms with E-state index in [9.17, 15) is 14.7 Å². The van der Waals surface area contributed by atoms with Crippen LogP contribution < -0.4 is 0 Å². The third kappa shape index (κ3) is 3.52. The van der Waals surface area contributed by atoms with Gasteiger partial charge in [-0.05, 0) is 104 Å². The van der Waals surface area contributed by atoms with E-state index in [1.54, 1.807) is 0 Å². The largest absolute Gasteiger partial charge is 0.469 e. The molecule has 0 bridgehead atoms. The molecule has 31 heavy (non-hydrogen) atoms. The van der Waals surface area contributed by atoms with Crippen LogP contribution in [0.5, 0.6) is 0 Å². The molecule has 4 aliphatic rings. The van der Waals surface area contributed by atoms with Crippen LogP contribution in [0.15, 0.2) is 11.6 Å². The average Bonchev–Trinajstić information content (AvgIpc) is 3.10. The van der Waals surface area contributed by atoms with Crippen LogP contribution in [0.2, 0.25) is 0 Å².